The summed E-state index contributed by atoms with van der Waals surface area (Å²) in [7, 11) is 0. The summed E-state index contributed by atoms with van der Waals surface area (Å²) in [5, 5.41) is 34.7. The van der Waals surface area contributed by atoms with Gasteiger partial charge in [-0.2, -0.15) is 21.0 Å². The van der Waals surface area contributed by atoms with Crippen LogP contribution in [0.4, 0.5) is 37.7 Å². The maximum absolute atomic E-state index is 15.6. The Morgan fingerprint density at radius 3 is 1.11 bits per heavy atom. The van der Waals surface area contributed by atoms with Gasteiger partial charge in [-0.25, -0.2) is 26.3 Å². The number of hydrogen-bond donors (Lipinski definition) is 2. The number of nitrogens with one attached hydrogen (secondary N) is 2. The van der Waals surface area contributed by atoms with Crippen molar-refractivity contribution >= 4 is 43.7 Å². The lowest BCUT2D eigenvalue weighted by Gasteiger charge is -2.18. The van der Waals surface area contributed by atoms with E-state index in [0.717, 1.165) is 0 Å². The molecule has 14 heteroatoms. The summed E-state index contributed by atoms with van der Waals surface area (Å²) in [6, 6.07) is 5.76. The lowest BCUT2D eigenvalue weighted by atomic mass is 9.90. The van der Waals surface area contributed by atoms with Gasteiger partial charge in [-0.05, 0) is 0 Å². The van der Waals surface area contributed by atoms with Gasteiger partial charge in [0.05, 0.1) is 21.5 Å². The number of ether oxygens (including phenoxy) is 2. The van der Waals surface area contributed by atoms with Crippen molar-refractivity contribution in [2.75, 3.05) is 10.6 Å². The Labute approximate surface area is 205 Å². The summed E-state index contributed by atoms with van der Waals surface area (Å²) < 4.78 is 104. The molecule has 0 saturated heterocycles. The molecule has 0 atom stereocenters. The quantitative estimate of drug-likeness (QED) is 0.175. The Balaban J connectivity index is 1.87. The molecule has 38 heavy (non-hydrogen) atoms. The number of hydrogen-bond acceptors (Lipinski definition) is 8. The summed E-state index contributed by atoms with van der Waals surface area (Å²) in [6.45, 7) is 0. The van der Waals surface area contributed by atoms with Crippen LogP contribution in [-0.2, 0) is 0 Å². The standard InChI is InChI=1S/C24H2F6N6O2/c25-13-9-7-8-10(18(30)20-22(12(8)16(13)28)38-24(36-20)6(3-33)4-34)14(26)15(27)11(7)21-19(17(9)29)35-23(37-21)5(1-31)2-32/h35-36H. The van der Waals surface area contributed by atoms with Crippen molar-refractivity contribution in [1.82, 2.24) is 0 Å². The molecular formula is C24H2F6N6O2. The first kappa shape index (κ1) is 22.6. The lowest BCUT2D eigenvalue weighted by molar-refractivity contribution is 0.452. The van der Waals surface area contributed by atoms with Crippen LogP contribution in [0.15, 0.2) is 22.9 Å². The molecule has 8 nitrogen and oxygen atoms in total. The average Bonchev–Trinajstić information content (AvgIpc) is 3.53. The minimum Gasteiger partial charge on any atom is -0.436 e. The zero-order valence-corrected chi connectivity index (χ0v) is 17.9. The van der Waals surface area contributed by atoms with Gasteiger partial charge in [0.25, 0.3) is 0 Å². The second-order valence-corrected chi connectivity index (χ2v) is 7.85. The minimum absolute atomic E-state index is 0.686. The van der Waals surface area contributed by atoms with E-state index in [1.54, 1.807) is 0 Å². The van der Waals surface area contributed by atoms with Gasteiger partial charge in [0.2, 0.25) is 11.8 Å². The van der Waals surface area contributed by atoms with E-state index >= 15 is 26.3 Å². The third kappa shape index (κ3) is 2.45. The fourth-order valence-corrected chi connectivity index (χ4v) is 4.56. The van der Waals surface area contributed by atoms with Crippen LogP contribution in [0.25, 0.3) is 32.3 Å². The molecule has 0 aliphatic carbocycles. The number of nitriles is 4. The van der Waals surface area contributed by atoms with Crippen molar-refractivity contribution in [3.05, 3.63) is 57.8 Å². The molecule has 0 radical (unpaired) electrons. The van der Waals surface area contributed by atoms with Crippen LogP contribution >= 0.6 is 0 Å². The summed E-state index contributed by atoms with van der Waals surface area (Å²) in [6.07, 6.45) is 0. The van der Waals surface area contributed by atoms with E-state index in [4.69, 9.17) is 30.5 Å². The number of anilines is 2. The van der Waals surface area contributed by atoms with Crippen molar-refractivity contribution in [2.45, 2.75) is 0 Å². The Morgan fingerprint density at radius 1 is 0.474 bits per heavy atom. The third-order valence-corrected chi connectivity index (χ3v) is 6.09. The molecule has 0 fully saturated rings. The normalized spacial score (nSPS) is 13.1. The van der Waals surface area contributed by atoms with E-state index in [2.05, 4.69) is 10.6 Å². The predicted molar refractivity (Wildman–Crippen MR) is 115 cm³/mol. The molecule has 6 rings (SSSR count). The number of halogens is 6. The Morgan fingerprint density at radius 2 is 0.789 bits per heavy atom. The van der Waals surface area contributed by atoms with Crippen molar-refractivity contribution < 1.29 is 35.8 Å². The molecule has 2 N–H and O–H groups in total. The first-order valence-electron chi connectivity index (χ1n) is 10.1. The van der Waals surface area contributed by atoms with Gasteiger partial charge >= 0.3 is 0 Å². The highest BCUT2D eigenvalue weighted by molar-refractivity contribution is 6.28. The Hall–Kier alpha value is -5.86. The van der Waals surface area contributed by atoms with Gasteiger partial charge in [-0.1, -0.05) is 0 Å². The molecule has 2 aliphatic rings. The van der Waals surface area contributed by atoms with Gasteiger partial charge < -0.3 is 20.1 Å². The van der Waals surface area contributed by atoms with E-state index in [9.17, 15) is 0 Å². The van der Waals surface area contributed by atoms with E-state index in [-0.39, 0.29) is 0 Å². The summed E-state index contributed by atoms with van der Waals surface area (Å²) in [4.78, 5) is 0. The van der Waals surface area contributed by atoms with E-state index in [1.807, 2.05) is 0 Å². The zero-order chi connectivity index (χ0) is 27.2. The maximum atomic E-state index is 15.6. The van der Waals surface area contributed by atoms with Crippen LogP contribution in [0, 0.1) is 80.2 Å². The van der Waals surface area contributed by atoms with E-state index < -0.39 is 113 Å². The van der Waals surface area contributed by atoms with Gasteiger partial charge in [-0.15, -0.1) is 0 Å². The summed E-state index contributed by atoms with van der Waals surface area (Å²) in [5.41, 5.74) is -3.12. The first-order chi connectivity index (χ1) is 18.2. The maximum Gasteiger partial charge on any atom is 0.226 e. The molecule has 0 bridgehead atoms. The lowest BCUT2D eigenvalue weighted by Crippen LogP contribution is -2.04. The van der Waals surface area contributed by atoms with Gasteiger partial charge in [0.15, 0.2) is 57.5 Å². The van der Waals surface area contributed by atoms with Crippen molar-refractivity contribution in [3.63, 3.8) is 0 Å². The van der Waals surface area contributed by atoms with Crippen LogP contribution in [0.3, 0.4) is 0 Å². The van der Waals surface area contributed by atoms with E-state index in [0.29, 0.717) is 0 Å². The summed E-state index contributed by atoms with van der Waals surface area (Å²) in [5.74, 6) is -13.6. The van der Waals surface area contributed by atoms with Crippen LogP contribution in [0.5, 0.6) is 11.5 Å². The molecule has 0 saturated carbocycles. The highest BCUT2D eigenvalue weighted by Crippen LogP contribution is 2.55. The highest BCUT2D eigenvalue weighted by atomic mass is 19.2. The molecule has 2 heterocycles. The second-order valence-electron chi connectivity index (χ2n) is 7.85. The number of nitrogens with zero attached hydrogens (tertiary/aromatic N) is 4. The van der Waals surface area contributed by atoms with Crippen LogP contribution in [0.1, 0.15) is 0 Å². The van der Waals surface area contributed by atoms with E-state index in [1.165, 1.54) is 24.3 Å². The first-order valence-corrected chi connectivity index (χ1v) is 10.1. The number of allylic oxidation sites excluding steroid dienone is 2. The highest BCUT2D eigenvalue weighted by Gasteiger charge is 2.39. The molecule has 0 amide bonds. The molecular weight excluding hydrogens is 518 g/mol. The largest absolute Gasteiger partial charge is 0.436 e. The van der Waals surface area contributed by atoms with Gasteiger partial charge in [-0.3, -0.25) is 0 Å². The van der Waals surface area contributed by atoms with Crippen molar-refractivity contribution in [2.24, 2.45) is 0 Å². The van der Waals surface area contributed by atoms with Crippen LogP contribution < -0.4 is 20.1 Å². The van der Waals surface area contributed by atoms with Gasteiger partial charge in [0, 0.05) is 10.8 Å². The van der Waals surface area contributed by atoms with Crippen molar-refractivity contribution in [1.29, 1.82) is 21.0 Å². The van der Waals surface area contributed by atoms with Crippen LogP contribution in [0.2, 0.25) is 0 Å². The molecule has 0 spiro atoms. The van der Waals surface area contributed by atoms with Crippen molar-refractivity contribution in [3.8, 4) is 35.8 Å². The Kier molecular flexibility index (Phi) is 4.36. The molecule has 0 aromatic heterocycles. The van der Waals surface area contributed by atoms with Crippen LogP contribution in [-0.4, -0.2) is 0 Å². The minimum atomic E-state index is -1.90. The molecule has 2 aliphatic heterocycles. The number of benzene rings is 4. The molecule has 4 aromatic rings. The fourth-order valence-electron chi connectivity index (χ4n) is 4.56. The number of rotatable bonds is 0. The third-order valence-electron chi connectivity index (χ3n) is 6.09. The summed E-state index contributed by atoms with van der Waals surface area (Å²) >= 11 is 0. The zero-order valence-electron chi connectivity index (χ0n) is 17.9. The average molecular weight is 520 g/mol. The predicted octanol–water partition coefficient (Wildman–Crippen LogP) is 5.54. The monoisotopic (exact) mass is 520 g/mol. The van der Waals surface area contributed by atoms with Gasteiger partial charge in [0.1, 0.15) is 35.7 Å². The fraction of sp³-hybridized carbons (Fsp3) is 0. The molecule has 4 aromatic carbocycles. The SMILES string of the molecule is N#CC(C#N)=C1Nc2c(F)c3c(F)c(F)c4c5c(c(F)c6c(F)c(F)c(c2O1)c3c64)NC(=C(C#N)C#N)O5. The topological polar surface area (TPSA) is 138 Å². The smallest absolute Gasteiger partial charge is 0.226 e. The molecule has 0 unspecified atom stereocenters. The molecule has 182 valence electrons. The number of fused-ring (bicyclic) bond motifs is 4. The Bertz CT molecular complexity index is 1910. The second kappa shape index (κ2) is 7.33.